The lowest BCUT2D eigenvalue weighted by Gasteiger charge is -2.32. The number of carbonyl (C=O) groups is 13. The van der Waals surface area contributed by atoms with Crippen molar-refractivity contribution in [2.75, 3.05) is 44.7 Å². The molecular weight excluding hydrogens is 1250 g/mol. The zero-order valence-electron chi connectivity index (χ0n) is 54.5. The van der Waals surface area contributed by atoms with Gasteiger partial charge in [-0.1, -0.05) is 74.5 Å². The van der Waals surface area contributed by atoms with Crippen molar-refractivity contribution in [2.45, 2.75) is 183 Å². The van der Waals surface area contributed by atoms with Crippen LogP contribution < -0.4 is 82.7 Å². The van der Waals surface area contributed by atoms with Crippen LogP contribution in [-0.4, -0.2) is 198 Å². The Bertz CT molecular complexity index is 2960. The number of nitrogens with two attached hydrogens (primary N) is 7. The molecule has 2 fully saturated rings. The summed E-state index contributed by atoms with van der Waals surface area (Å²) in [5.41, 5.74) is 40.6. The maximum Gasteiger partial charge on any atom is 0.245 e. The van der Waals surface area contributed by atoms with Gasteiger partial charge in [0.1, 0.15) is 54.4 Å². The number of nitrogens with zero attached hydrogens (tertiary/aromatic N) is 3. The lowest BCUT2D eigenvalue weighted by molar-refractivity contribution is -0.144. The fourth-order valence-corrected chi connectivity index (χ4v) is 11.5. The SMILES string of the molecule is CSCC[C@H](NC(=O)[C@H](CC(C)C)NC(=O)CNC(=O)[C@H](Cc1ccccc1)NC(=O)[C@H](Cc1ccccc1)NC(=O)[C@@H](CCC(N)=O)NC(=O)[C@@H](CCC(N)=O)NC(=O)[C@@H]1CCCN1C(=O)[C@H](CCCCN)NC(=O)[C@@H]1CCCN1C(=O)[C@@H](N)CCCN=C(N)N)C(N)=O. The lowest BCUT2D eigenvalue weighted by Crippen LogP contribution is -2.60. The highest BCUT2D eigenvalue weighted by atomic mass is 32.2. The smallest absolute Gasteiger partial charge is 0.245 e. The molecule has 0 aliphatic carbocycles. The molecule has 0 radical (unpaired) electrons. The van der Waals surface area contributed by atoms with Gasteiger partial charge in [-0.3, -0.25) is 67.3 Å². The van der Waals surface area contributed by atoms with Gasteiger partial charge in [0.25, 0.3) is 0 Å². The Morgan fingerprint density at radius 3 is 1.51 bits per heavy atom. The Labute approximate surface area is 558 Å². The van der Waals surface area contributed by atoms with Gasteiger partial charge in [-0.15, -0.1) is 0 Å². The van der Waals surface area contributed by atoms with E-state index in [1.165, 1.54) is 21.6 Å². The molecule has 2 aliphatic heterocycles. The first kappa shape index (κ1) is 78.5. The predicted octanol–water partition coefficient (Wildman–Crippen LogP) is -3.71. The summed E-state index contributed by atoms with van der Waals surface area (Å²) in [5, 5.41) is 21.1. The minimum absolute atomic E-state index is 0.0736. The Morgan fingerprint density at radius 1 is 0.537 bits per heavy atom. The minimum atomic E-state index is -1.64. The van der Waals surface area contributed by atoms with Gasteiger partial charge in [0.05, 0.1) is 12.6 Å². The zero-order chi connectivity index (χ0) is 70.1. The van der Waals surface area contributed by atoms with Gasteiger partial charge in [-0.05, 0) is 119 Å². The van der Waals surface area contributed by atoms with Gasteiger partial charge in [-0.2, -0.15) is 11.8 Å². The molecule has 524 valence electrons. The molecule has 0 saturated carbocycles. The van der Waals surface area contributed by atoms with Gasteiger partial charge in [0, 0.05) is 45.3 Å². The first-order valence-electron chi connectivity index (χ1n) is 32.2. The number of unbranched alkanes of at least 4 members (excludes halogenated alkanes) is 1. The van der Waals surface area contributed by atoms with E-state index in [1.807, 2.05) is 20.1 Å². The highest BCUT2D eigenvalue weighted by molar-refractivity contribution is 7.98. The highest BCUT2D eigenvalue weighted by Crippen LogP contribution is 2.24. The normalized spacial score (nSPS) is 16.8. The average molecular weight is 1350 g/mol. The van der Waals surface area contributed by atoms with E-state index >= 15 is 0 Å². The number of aliphatic imine (C=N–C) groups is 1. The van der Waals surface area contributed by atoms with Gasteiger partial charge in [0.2, 0.25) is 76.8 Å². The van der Waals surface area contributed by atoms with E-state index in [0.29, 0.717) is 55.4 Å². The summed E-state index contributed by atoms with van der Waals surface area (Å²) in [5.74, 6) is -9.80. The van der Waals surface area contributed by atoms with Crippen LogP contribution in [0.2, 0.25) is 0 Å². The summed E-state index contributed by atoms with van der Waals surface area (Å²) in [4.78, 5) is 185. The van der Waals surface area contributed by atoms with E-state index in [9.17, 15) is 62.3 Å². The molecule has 13 amide bonds. The first-order chi connectivity index (χ1) is 45.2. The van der Waals surface area contributed by atoms with Crippen LogP contribution in [0, 0.1) is 5.92 Å². The number of hydrogen-bond acceptors (Lipinski definition) is 17. The molecule has 2 aromatic rings. The van der Waals surface area contributed by atoms with Crippen LogP contribution in [0.4, 0.5) is 0 Å². The maximum atomic E-state index is 14.7. The van der Waals surface area contributed by atoms with E-state index in [4.69, 9.17) is 40.1 Å². The van der Waals surface area contributed by atoms with Crippen LogP contribution in [0.3, 0.4) is 0 Å². The van der Waals surface area contributed by atoms with E-state index in [-0.39, 0.29) is 83.0 Å². The van der Waals surface area contributed by atoms with Crippen LogP contribution in [0.25, 0.3) is 0 Å². The van der Waals surface area contributed by atoms with Crippen molar-refractivity contribution in [3.05, 3.63) is 71.8 Å². The Balaban J connectivity index is 1.56. The van der Waals surface area contributed by atoms with E-state index < -0.39 is 169 Å². The van der Waals surface area contributed by atoms with Crippen molar-refractivity contribution in [2.24, 2.45) is 51.0 Å². The molecule has 31 nitrogen and oxygen atoms in total. The quantitative estimate of drug-likeness (QED) is 0.0173. The molecule has 4 rings (SSSR count). The molecule has 22 N–H and O–H groups in total. The molecule has 95 heavy (non-hydrogen) atoms. The Kier molecular flexibility index (Phi) is 33.9. The molecule has 32 heteroatoms. The number of amides is 13. The second-order valence-electron chi connectivity index (χ2n) is 24.1. The fourth-order valence-electron chi connectivity index (χ4n) is 11.0. The summed E-state index contributed by atoms with van der Waals surface area (Å²) in [6.45, 7) is 3.86. The van der Waals surface area contributed by atoms with Crippen LogP contribution in [0.1, 0.15) is 121 Å². The second kappa shape index (κ2) is 41.0. The van der Waals surface area contributed by atoms with Gasteiger partial charge >= 0.3 is 0 Å². The summed E-state index contributed by atoms with van der Waals surface area (Å²) in [6.07, 6.45) is 3.12. The maximum absolute atomic E-state index is 14.7. The van der Waals surface area contributed by atoms with Crippen molar-refractivity contribution in [1.29, 1.82) is 0 Å². The topological polar surface area (TPSA) is 519 Å². The molecule has 2 aliphatic rings. The van der Waals surface area contributed by atoms with Crippen molar-refractivity contribution >= 4 is 94.5 Å². The number of nitrogens with one attached hydrogen (secondary N) is 8. The number of likely N-dealkylation sites (tertiary alicyclic amines) is 2. The molecule has 0 aromatic heterocycles. The third-order valence-electron chi connectivity index (χ3n) is 16.0. The number of primary amides is 3. The highest BCUT2D eigenvalue weighted by Gasteiger charge is 2.42. The monoisotopic (exact) mass is 1350 g/mol. The summed E-state index contributed by atoms with van der Waals surface area (Å²) in [6, 6.07) is 4.51. The Hall–Kier alpha value is -8.91. The van der Waals surface area contributed by atoms with Crippen LogP contribution in [0.5, 0.6) is 0 Å². The van der Waals surface area contributed by atoms with Crippen molar-refractivity contribution in [1.82, 2.24) is 52.3 Å². The summed E-state index contributed by atoms with van der Waals surface area (Å²) >= 11 is 1.45. The first-order valence-corrected chi connectivity index (χ1v) is 33.6. The molecule has 0 bridgehead atoms. The lowest BCUT2D eigenvalue weighted by atomic mass is 10.0. The standard InChI is InChI=1S/C63H98N18O13S/c1-37(2)33-45(57(89)74-41(53(68)85)27-32-95-3)73-52(84)36-72-54(86)46(34-38-15-6-4-7-16-38)78-58(90)47(35-39-17-8-5-9-18-39)79-56(88)42(23-25-50(66)82)75-55(87)43(24-26-51(67)83)76-59(91)49-22-14-31-81(49)62(94)44(20-10-11-28-64)77-60(92)48-21-13-30-80(48)61(93)40(65)19-12-29-71-63(69)70/h4-9,15-18,37,40-49H,10-14,19-36,64-65H2,1-3H3,(H2,66,82)(H2,67,83)(H2,68,85)(H,72,86)(H,73,84)(H,74,89)(H,75,87)(H,76,91)(H,77,92)(H,78,90)(H,79,88)(H4,69,70,71)/t40-,41-,42+,43+,44-,45-,46-,47-,48-,49-/m0/s1. The second-order valence-corrected chi connectivity index (χ2v) is 25.1. The van der Waals surface area contributed by atoms with E-state index in [2.05, 4.69) is 47.5 Å². The van der Waals surface area contributed by atoms with Crippen LogP contribution in [-0.2, 0) is 75.2 Å². The predicted molar refractivity (Wildman–Crippen MR) is 356 cm³/mol. The molecule has 2 saturated heterocycles. The van der Waals surface area contributed by atoms with Crippen LogP contribution in [0.15, 0.2) is 65.7 Å². The summed E-state index contributed by atoms with van der Waals surface area (Å²) in [7, 11) is 0. The fraction of sp³-hybridized carbons (Fsp3) is 0.587. The van der Waals surface area contributed by atoms with Crippen molar-refractivity contribution in [3.63, 3.8) is 0 Å². The van der Waals surface area contributed by atoms with E-state index in [1.54, 1.807) is 60.7 Å². The largest absolute Gasteiger partial charge is 0.370 e. The number of carbonyl (C=O) groups excluding carboxylic acids is 13. The van der Waals surface area contributed by atoms with Crippen molar-refractivity contribution < 1.29 is 62.3 Å². The van der Waals surface area contributed by atoms with Crippen molar-refractivity contribution in [3.8, 4) is 0 Å². The number of guanidine groups is 1. The molecule has 0 unspecified atom stereocenters. The molecule has 2 aromatic carbocycles. The number of rotatable bonds is 42. The van der Waals surface area contributed by atoms with Crippen LogP contribution >= 0.6 is 11.8 Å². The molecule has 0 spiro atoms. The molecule has 2 heterocycles. The summed E-state index contributed by atoms with van der Waals surface area (Å²) < 4.78 is 0. The zero-order valence-corrected chi connectivity index (χ0v) is 55.3. The van der Waals surface area contributed by atoms with Gasteiger partial charge in [0.15, 0.2) is 5.96 Å². The number of benzene rings is 2. The van der Waals surface area contributed by atoms with Gasteiger partial charge < -0.3 is 92.5 Å². The van der Waals surface area contributed by atoms with Gasteiger partial charge in [-0.25, -0.2) is 0 Å². The third-order valence-corrected chi connectivity index (χ3v) is 16.7. The third kappa shape index (κ3) is 27.5. The number of thioether (sulfide) groups is 1. The number of hydrogen-bond donors (Lipinski definition) is 15. The van der Waals surface area contributed by atoms with E-state index in [0.717, 1.165) is 0 Å². The molecule has 10 atom stereocenters. The molecular formula is C63H98N18O13S. The Morgan fingerprint density at radius 2 is 1.01 bits per heavy atom. The minimum Gasteiger partial charge on any atom is -0.370 e. The average Bonchev–Trinajstić information content (AvgIpc) is 1.74.